The molecule has 5 nitrogen and oxygen atoms in total. The molecule has 0 amide bonds. The third-order valence-electron chi connectivity index (χ3n) is 3.42. The van der Waals surface area contributed by atoms with Crippen molar-refractivity contribution in [2.45, 2.75) is 6.92 Å². The van der Waals surface area contributed by atoms with Crippen molar-refractivity contribution in [3.63, 3.8) is 0 Å². The number of aromatic carboxylic acids is 1. The number of nitrogens with zero attached hydrogens (tertiary/aromatic N) is 1. The normalized spacial score (nSPS) is 10.5. The van der Waals surface area contributed by atoms with E-state index >= 15 is 0 Å². The van der Waals surface area contributed by atoms with Gasteiger partial charge in [0, 0.05) is 16.7 Å². The summed E-state index contributed by atoms with van der Waals surface area (Å²) in [7, 11) is 0. The van der Waals surface area contributed by atoms with E-state index in [-0.39, 0.29) is 17.4 Å². The smallest absolute Gasteiger partial charge is 0.373 e. The van der Waals surface area contributed by atoms with Crippen LogP contribution in [0.3, 0.4) is 0 Å². The third kappa shape index (κ3) is 2.89. The number of benzene rings is 2. The zero-order valence-corrected chi connectivity index (χ0v) is 12.3. The van der Waals surface area contributed by atoms with Crippen molar-refractivity contribution in [1.82, 2.24) is 4.98 Å². The fraction of sp³-hybridized carbons (Fsp3) is 0.0556. The monoisotopic (exact) mass is 307 g/mol. The fourth-order valence-electron chi connectivity index (χ4n) is 2.24. The summed E-state index contributed by atoms with van der Waals surface area (Å²) in [6.07, 6.45) is 0. The van der Waals surface area contributed by atoms with Crippen LogP contribution >= 0.6 is 0 Å². The van der Waals surface area contributed by atoms with Crippen LogP contribution in [0.1, 0.15) is 32.2 Å². The predicted molar refractivity (Wildman–Crippen MR) is 83.5 cm³/mol. The summed E-state index contributed by atoms with van der Waals surface area (Å²) >= 11 is 0. The second kappa shape index (κ2) is 5.88. The highest BCUT2D eigenvalue weighted by Gasteiger charge is 2.17. The van der Waals surface area contributed by atoms with E-state index in [4.69, 9.17) is 9.52 Å². The Morgan fingerprint density at radius 3 is 2.13 bits per heavy atom. The van der Waals surface area contributed by atoms with Crippen LogP contribution in [0.15, 0.2) is 59.0 Å². The lowest BCUT2D eigenvalue weighted by Gasteiger charge is -2.02. The van der Waals surface area contributed by atoms with Crippen molar-refractivity contribution >= 4 is 11.8 Å². The van der Waals surface area contributed by atoms with Crippen LogP contribution in [0.2, 0.25) is 0 Å². The summed E-state index contributed by atoms with van der Waals surface area (Å²) in [5.74, 6) is -1.19. The molecule has 0 radical (unpaired) electrons. The highest BCUT2D eigenvalue weighted by molar-refractivity contribution is 6.09. The highest BCUT2D eigenvalue weighted by Crippen LogP contribution is 2.23. The van der Waals surface area contributed by atoms with E-state index < -0.39 is 5.97 Å². The van der Waals surface area contributed by atoms with Gasteiger partial charge in [-0.3, -0.25) is 4.79 Å². The fourth-order valence-corrected chi connectivity index (χ4v) is 2.24. The molecule has 1 aromatic heterocycles. The molecule has 0 unspecified atom stereocenters. The van der Waals surface area contributed by atoms with E-state index in [0.29, 0.717) is 22.4 Å². The summed E-state index contributed by atoms with van der Waals surface area (Å²) in [6, 6.07) is 15.7. The molecular formula is C18H13NO4. The quantitative estimate of drug-likeness (QED) is 0.745. The molecular weight excluding hydrogens is 294 g/mol. The number of ketones is 1. The number of carbonyl (C=O) groups excluding carboxylic acids is 1. The van der Waals surface area contributed by atoms with Gasteiger partial charge in [-0.1, -0.05) is 42.5 Å². The third-order valence-corrected chi connectivity index (χ3v) is 3.42. The summed E-state index contributed by atoms with van der Waals surface area (Å²) in [5, 5.41) is 8.99. The second-order valence-corrected chi connectivity index (χ2v) is 5.01. The Bertz CT molecular complexity index is 864. The zero-order valence-electron chi connectivity index (χ0n) is 12.3. The number of hydrogen-bond donors (Lipinski definition) is 1. The minimum atomic E-state index is -1.16. The SMILES string of the molecule is Cc1nc(-c2ccc(C(=O)c3ccccc3)cc2)oc1C(=O)O. The first-order valence-electron chi connectivity index (χ1n) is 6.97. The van der Waals surface area contributed by atoms with Gasteiger partial charge in [0.2, 0.25) is 11.7 Å². The molecule has 0 aliphatic rings. The summed E-state index contributed by atoms with van der Waals surface area (Å²) < 4.78 is 5.25. The molecule has 0 bridgehead atoms. The topological polar surface area (TPSA) is 80.4 Å². The molecule has 0 spiro atoms. The van der Waals surface area contributed by atoms with Crippen molar-refractivity contribution in [3.8, 4) is 11.5 Å². The maximum absolute atomic E-state index is 12.3. The van der Waals surface area contributed by atoms with Gasteiger partial charge in [-0.05, 0) is 19.1 Å². The first-order chi connectivity index (χ1) is 11.1. The van der Waals surface area contributed by atoms with Gasteiger partial charge >= 0.3 is 5.97 Å². The Kier molecular flexibility index (Phi) is 3.76. The number of oxazole rings is 1. The predicted octanol–water partition coefficient (Wildman–Crippen LogP) is 3.58. The Balaban J connectivity index is 1.89. The number of hydrogen-bond acceptors (Lipinski definition) is 4. The number of carboxylic acid groups (broad SMARTS) is 1. The number of carbonyl (C=O) groups is 2. The van der Waals surface area contributed by atoms with Crippen LogP contribution in [0.5, 0.6) is 0 Å². The number of aryl methyl sites for hydroxylation is 1. The summed E-state index contributed by atoms with van der Waals surface area (Å²) in [6.45, 7) is 1.57. The second-order valence-electron chi connectivity index (χ2n) is 5.01. The van der Waals surface area contributed by atoms with Crippen LogP contribution in [-0.4, -0.2) is 21.8 Å². The van der Waals surface area contributed by atoms with Crippen LogP contribution in [0, 0.1) is 6.92 Å². The summed E-state index contributed by atoms with van der Waals surface area (Å²) in [4.78, 5) is 27.4. The molecule has 5 heteroatoms. The number of rotatable bonds is 4. The van der Waals surface area contributed by atoms with E-state index in [0.717, 1.165) is 0 Å². The Hall–Kier alpha value is -3.21. The molecule has 0 fully saturated rings. The lowest BCUT2D eigenvalue weighted by atomic mass is 10.0. The lowest BCUT2D eigenvalue weighted by Crippen LogP contribution is -2.00. The van der Waals surface area contributed by atoms with Crippen molar-refractivity contribution in [3.05, 3.63) is 77.2 Å². The molecule has 1 N–H and O–H groups in total. The highest BCUT2D eigenvalue weighted by atomic mass is 16.4. The first kappa shape index (κ1) is 14.7. The minimum Gasteiger partial charge on any atom is -0.475 e. The molecule has 0 atom stereocenters. The molecule has 0 saturated carbocycles. The van der Waals surface area contributed by atoms with E-state index in [1.54, 1.807) is 43.3 Å². The Labute approximate surface area is 132 Å². The van der Waals surface area contributed by atoms with Crippen molar-refractivity contribution in [1.29, 1.82) is 0 Å². The maximum Gasteiger partial charge on any atom is 0.373 e. The van der Waals surface area contributed by atoms with Gasteiger partial charge in [0.15, 0.2) is 5.78 Å². The number of carboxylic acids is 1. The molecule has 3 aromatic rings. The average molecular weight is 307 g/mol. The average Bonchev–Trinajstić information content (AvgIpc) is 2.97. The van der Waals surface area contributed by atoms with Crippen molar-refractivity contribution < 1.29 is 19.1 Å². The summed E-state index contributed by atoms with van der Waals surface area (Å²) in [5.41, 5.74) is 2.09. The van der Waals surface area contributed by atoms with Crippen LogP contribution in [0.4, 0.5) is 0 Å². The van der Waals surface area contributed by atoms with E-state index in [2.05, 4.69) is 4.98 Å². The van der Waals surface area contributed by atoms with Crippen molar-refractivity contribution in [2.75, 3.05) is 0 Å². The van der Waals surface area contributed by atoms with Gasteiger partial charge in [0.1, 0.15) is 0 Å². The van der Waals surface area contributed by atoms with Crippen LogP contribution in [0.25, 0.3) is 11.5 Å². The maximum atomic E-state index is 12.3. The van der Waals surface area contributed by atoms with Gasteiger partial charge in [-0.2, -0.15) is 0 Å². The van der Waals surface area contributed by atoms with E-state index in [1.807, 2.05) is 18.2 Å². The van der Waals surface area contributed by atoms with Crippen LogP contribution in [-0.2, 0) is 0 Å². The molecule has 1 heterocycles. The van der Waals surface area contributed by atoms with Gasteiger partial charge in [0.05, 0.1) is 5.69 Å². The van der Waals surface area contributed by atoms with Gasteiger partial charge in [0.25, 0.3) is 0 Å². The van der Waals surface area contributed by atoms with Gasteiger partial charge in [-0.25, -0.2) is 9.78 Å². The van der Waals surface area contributed by atoms with Gasteiger partial charge in [-0.15, -0.1) is 0 Å². The molecule has 114 valence electrons. The first-order valence-corrected chi connectivity index (χ1v) is 6.97. The van der Waals surface area contributed by atoms with E-state index in [1.165, 1.54) is 0 Å². The molecule has 0 aliphatic carbocycles. The van der Waals surface area contributed by atoms with Crippen LogP contribution < -0.4 is 0 Å². The Morgan fingerprint density at radius 2 is 1.57 bits per heavy atom. The molecule has 23 heavy (non-hydrogen) atoms. The van der Waals surface area contributed by atoms with Gasteiger partial charge < -0.3 is 9.52 Å². The molecule has 3 rings (SSSR count). The molecule has 2 aromatic carbocycles. The minimum absolute atomic E-state index is 0.0769. The van der Waals surface area contributed by atoms with E-state index in [9.17, 15) is 9.59 Å². The van der Waals surface area contributed by atoms with Crippen molar-refractivity contribution in [2.24, 2.45) is 0 Å². The number of aromatic nitrogens is 1. The molecule has 0 saturated heterocycles. The lowest BCUT2D eigenvalue weighted by molar-refractivity contribution is 0.0662. The largest absolute Gasteiger partial charge is 0.475 e. The molecule has 0 aliphatic heterocycles. The zero-order chi connectivity index (χ0) is 16.4. The standard InChI is InChI=1S/C18H13NO4/c1-11-16(18(21)22)23-17(19-11)14-9-7-13(8-10-14)15(20)12-5-3-2-4-6-12/h2-10H,1H3,(H,21,22). The Morgan fingerprint density at radius 1 is 0.957 bits per heavy atom.